The molecule has 1 atom stereocenters. The molecule has 7 nitrogen and oxygen atoms in total. The number of hydrogen-bond acceptors (Lipinski definition) is 7. The summed E-state index contributed by atoms with van der Waals surface area (Å²) in [5.74, 6) is 0.264. The van der Waals surface area contributed by atoms with E-state index in [4.69, 9.17) is 4.74 Å². The van der Waals surface area contributed by atoms with Gasteiger partial charge in [-0.15, -0.1) is 0 Å². The second-order valence-electron chi connectivity index (χ2n) is 8.19. The SMILES string of the molecule is CCOC(=O)C1CCN(Cc2cccc(-c3nc(NCC4CC4)ncc3C=O)c2F)C1. The Morgan fingerprint density at radius 1 is 1.35 bits per heavy atom. The van der Waals surface area contributed by atoms with Crippen molar-refractivity contribution in [2.24, 2.45) is 11.8 Å². The number of hydrogen-bond donors (Lipinski definition) is 1. The fraction of sp³-hybridized carbons (Fsp3) is 0.478. The third-order valence-corrected chi connectivity index (χ3v) is 5.81. The van der Waals surface area contributed by atoms with E-state index in [1.807, 2.05) is 4.90 Å². The Bertz CT molecular complexity index is 964. The van der Waals surface area contributed by atoms with Crippen molar-refractivity contribution >= 4 is 18.2 Å². The average molecular weight is 426 g/mol. The lowest BCUT2D eigenvalue weighted by atomic mass is 10.0. The van der Waals surface area contributed by atoms with Gasteiger partial charge >= 0.3 is 5.97 Å². The van der Waals surface area contributed by atoms with Crippen molar-refractivity contribution in [2.45, 2.75) is 32.7 Å². The first kappa shape index (κ1) is 21.4. The van der Waals surface area contributed by atoms with Gasteiger partial charge in [-0.1, -0.05) is 12.1 Å². The summed E-state index contributed by atoms with van der Waals surface area (Å²) in [5.41, 5.74) is 1.31. The number of anilines is 1. The molecule has 1 saturated heterocycles. The van der Waals surface area contributed by atoms with Crippen LogP contribution < -0.4 is 5.32 Å². The molecule has 2 aromatic rings. The summed E-state index contributed by atoms with van der Waals surface area (Å²) in [6.07, 6.45) is 5.17. The molecule has 1 N–H and O–H groups in total. The fourth-order valence-corrected chi connectivity index (χ4v) is 3.89. The van der Waals surface area contributed by atoms with Crippen LogP contribution in [0.3, 0.4) is 0 Å². The molecule has 164 valence electrons. The van der Waals surface area contributed by atoms with E-state index in [0.717, 1.165) is 6.54 Å². The summed E-state index contributed by atoms with van der Waals surface area (Å²) in [6.45, 7) is 4.56. The van der Waals surface area contributed by atoms with Crippen LogP contribution in [0.2, 0.25) is 0 Å². The molecule has 2 aliphatic rings. The van der Waals surface area contributed by atoms with Crippen molar-refractivity contribution in [3.8, 4) is 11.3 Å². The number of nitrogens with one attached hydrogen (secondary N) is 1. The molecule has 1 aromatic carbocycles. The zero-order valence-corrected chi connectivity index (χ0v) is 17.6. The maximum atomic E-state index is 15.4. The van der Waals surface area contributed by atoms with Crippen molar-refractivity contribution < 1.29 is 18.7 Å². The van der Waals surface area contributed by atoms with Crippen molar-refractivity contribution in [2.75, 3.05) is 31.6 Å². The van der Waals surface area contributed by atoms with Crippen LogP contribution in [-0.2, 0) is 16.1 Å². The number of ether oxygens (including phenoxy) is 1. The first-order chi connectivity index (χ1) is 15.1. The highest BCUT2D eigenvalue weighted by atomic mass is 19.1. The van der Waals surface area contributed by atoms with Gasteiger partial charge in [0, 0.05) is 37.0 Å². The van der Waals surface area contributed by atoms with Crippen LogP contribution in [0.1, 0.15) is 42.1 Å². The number of carbonyl (C=O) groups is 2. The van der Waals surface area contributed by atoms with Gasteiger partial charge in [0.05, 0.1) is 23.8 Å². The van der Waals surface area contributed by atoms with Crippen LogP contribution in [0.5, 0.6) is 0 Å². The molecule has 0 bridgehead atoms. The summed E-state index contributed by atoms with van der Waals surface area (Å²) >= 11 is 0. The van der Waals surface area contributed by atoms with E-state index in [-0.39, 0.29) is 28.7 Å². The smallest absolute Gasteiger partial charge is 0.310 e. The number of rotatable bonds is 9. The highest BCUT2D eigenvalue weighted by Gasteiger charge is 2.30. The molecule has 0 amide bonds. The number of aldehydes is 1. The van der Waals surface area contributed by atoms with Gasteiger partial charge < -0.3 is 10.1 Å². The maximum absolute atomic E-state index is 15.4. The van der Waals surface area contributed by atoms with E-state index < -0.39 is 5.82 Å². The number of likely N-dealkylation sites (tertiary alicyclic amines) is 1. The average Bonchev–Trinajstić information content (AvgIpc) is 3.49. The van der Waals surface area contributed by atoms with Crippen molar-refractivity contribution in [1.82, 2.24) is 14.9 Å². The summed E-state index contributed by atoms with van der Waals surface area (Å²) in [5, 5.41) is 3.17. The van der Waals surface area contributed by atoms with Gasteiger partial charge in [-0.2, -0.15) is 0 Å². The van der Waals surface area contributed by atoms with E-state index in [9.17, 15) is 9.59 Å². The molecule has 4 rings (SSSR count). The van der Waals surface area contributed by atoms with E-state index >= 15 is 4.39 Å². The van der Waals surface area contributed by atoms with Crippen molar-refractivity contribution in [3.05, 3.63) is 41.3 Å². The minimum Gasteiger partial charge on any atom is -0.466 e. The predicted octanol–water partition coefficient (Wildman–Crippen LogP) is 3.30. The van der Waals surface area contributed by atoms with Crippen molar-refractivity contribution in [3.63, 3.8) is 0 Å². The number of aromatic nitrogens is 2. The molecule has 1 aromatic heterocycles. The summed E-state index contributed by atoms with van der Waals surface area (Å²) in [7, 11) is 0. The number of halogens is 1. The zero-order chi connectivity index (χ0) is 21.8. The summed E-state index contributed by atoms with van der Waals surface area (Å²) in [4.78, 5) is 34.2. The van der Waals surface area contributed by atoms with Gasteiger partial charge in [-0.3, -0.25) is 14.5 Å². The summed E-state index contributed by atoms with van der Waals surface area (Å²) in [6, 6.07) is 5.12. The molecule has 1 aliphatic carbocycles. The quantitative estimate of drug-likeness (QED) is 0.486. The predicted molar refractivity (Wildman–Crippen MR) is 114 cm³/mol. The summed E-state index contributed by atoms with van der Waals surface area (Å²) < 4.78 is 20.6. The zero-order valence-electron chi connectivity index (χ0n) is 17.6. The van der Waals surface area contributed by atoms with Crippen LogP contribution in [0.4, 0.5) is 10.3 Å². The fourth-order valence-electron chi connectivity index (χ4n) is 3.89. The normalized spacial score (nSPS) is 18.7. The number of benzene rings is 1. The third kappa shape index (κ3) is 5.07. The van der Waals surface area contributed by atoms with Crippen LogP contribution in [0.15, 0.2) is 24.4 Å². The van der Waals surface area contributed by atoms with E-state index in [2.05, 4.69) is 15.3 Å². The Kier molecular flexibility index (Phi) is 6.56. The van der Waals surface area contributed by atoms with E-state index in [0.29, 0.717) is 56.4 Å². The number of carbonyl (C=O) groups excluding carboxylic acids is 2. The van der Waals surface area contributed by atoms with Gasteiger partial charge in [0.2, 0.25) is 5.95 Å². The Hall–Kier alpha value is -2.87. The van der Waals surface area contributed by atoms with Crippen LogP contribution in [-0.4, -0.2) is 53.4 Å². The Balaban J connectivity index is 1.53. The molecule has 2 fully saturated rings. The first-order valence-corrected chi connectivity index (χ1v) is 10.8. The molecule has 31 heavy (non-hydrogen) atoms. The monoisotopic (exact) mass is 426 g/mol. The Morgan fingerprint density at radius 3 is 2.94 bits per heavy atom. The molecular formula is C23H27FN4O3. The molecular weight excluding hydrogens is 399 g/mol. The third-order valence-electron chi connectivity index (χ3n) is 5.81. The van der Waals surface area contributed by atoms with E-state index in [1.54, 1.807) is 25.1 Å². The lowest BCUT2D eigenvalue weighted by Gasteiger charge is -2.17. The van der Waals surface area contributed by atoms with E-state index in [1.165, 1.54) is 19.0 Å². The van der Waals surface area contributed by atoms with Gasteiger partial charge in [0.25, 0.3) is 0 Å². The highest BCUT2D eigenvalue weighted by molar-refractivity contribution is 5.85. The topological polar surface area (TPSA) is 84.4 Å². The highest BCUT2D eigenvalue weighted by Crippen LogP contribution is 2.30. The minimum atomic E-state index is -0.406. The Morgan fingerprint density at radius 2 is 2.19 bits per heavy atom. The van der Waals surface area contributed by atoms with Crippen LogP contribution in [0.25, 0.3) is 11.3 Å². The second kappa shape index (κ2) is 9.51. The molecule has 0 radical (unpaired) electrons. The standard InChI is InChI=1S/C23H27FN4O3/c1-2-31-22(30)17-8-9-28(13-17)12-16-4-3-5-19(20(16)24)21-18(14-29)11-26-23(27-21)25-10-15-6-7-15/h3-5,11,14-15,17H,2,6-10,12-13H2,1H3,(H,25,26,27). The minimum absolute atomic E-state index is 0.171. The number of esters is 1. The largest absolute Gasteiger partial charge is 0.466 e. The Labute approximate surface area is 181 Å². The molecule has 8 heteroatoms. The molecule has 1 saturated carbocycles. The second-order valence-corrected chi connectivity index (χ2v) is 8.19. The molecule has 1 unspecified atom stereocenters. The van der Waals surface area contributed by atoms with Crippen molar-refractivity contribution in [1.29, 1.82) is 0 Å². The molecule has 1 aliphatic heterocycles. The van der Waals surface area contributed by atoms with Gasteiger partial charge in [-0.25, -0.2) is 14.4 Å². The van der Waals surface area contributed by atoms with Gasteiger partial charge in [0.1, 0.15) is 5.82 Å². The van der Waals surface area contributed by atoms with Gasteiger partial charge in [-0.05, 0) is 44.7 Å². The van der Waals surface area contributed by atoms with Crippen LogP contribution >= 0.6 is 0 Å². The lowest BCUT2D eigenvalue weighted by molar-refractivity contribution is -0.147. The van der Waals surface area contributed by atoms with Crippen LogP contribution in [0, 0.1) is 17.7 Å². The number of nitrogens with zero attached hydrogens (tertiary/aromatic N) is 3. The first-order valence-electron chi connectivity index (χ1n) is 10.8. The molecule has 2 heterocycles. The maximum Gasteiger partial charge on any atom is 0.310 e. The van der Waals surface area contributed by atoms with Gasteiger partial charge in [0.15, 0.2) is 6.29 Å². The molecule has 0 spiro atoms. The lowest BCUT2D eigenvalue weighted by Crippen LogP contribution is -2.24.